The van der Waals surface area contributed by atoms with Gasteiger partial charge in [-0.1, -0.05) is 31.7 Å². The molecule has 2 heterocycles. The van der Waals surface area contributed by atoms with Crippen molar-refractivity contribution in [2.45, 2.75) is 37.2 Å². The highest BCUT2D eigenvalue weighted by molar-refractivity contribution is 7.99. The van der Waals surface area contributed by atoms with Crippen LogP contribution in [-0.4, -0.2) is 23.9 Å². The Bertz CT molecular complexity index is 800. The lowest BCUT2D eigenvalue weighted by Crippen LogP contribution is -2.37. The van der Waals surface area contributed by atoms with Crippen LogP contribution in [-0.2, 0) is 20.6 Å². The zero-order valence-corrected chi connectivity index (χ0v) is 13.6. The van der Waals surface area contributed by atoms with Crippen molar-refractivity contribution in [3.8, 4) is 0 Å². The van der Waals surface area contributed by atoms with Crippen molar-refractivity contribution in [3.05, 3.63) is 33.5 Å². The van der Waals surface area contributed by atoms with Gasteiger partial charge in [-0.15, -0.1) is 6.58 Å². The molecule has 0 saturated carbocycles. The Balaban J connectivity index is 2.83. The van der Waals surface area contributed by atoms with Crippen molar-refractivity contribution >= 4 is 22.9 Å². The lowest BCUT2D eigenvalue weighted by atomic mass is 10.4. The second-order valence-corrected chi connectivity index (χ2v) is 6.41. The van der Waals surface area contributed by atoms with Gasteiger partial charge in [0.25, 0.3) is 5.56 Å². The SMILES string of the molecule is C=CCn1c(S[C@H](C)CC)nc2c1c(=O)n(C)c(=O)n2C. The minimum atomic E-state index is -0.365. The van der Waals surface area contributed by atoms with E-state index in [1.54, 1.807) is 24.9 Å². The molecule has 0 spiro atoms. The number of allylic oxidation sites excluding steroid dienone is 1. The van der Waals surface area contributed by atoms with E-state index in [1.165, 1.54) is 11.6 Å². The zero-order valence-electron chi connectivity index (χ0n) is 12.8. The third-order valence-corrected chi connectivity index (χ3v) is 4.76. The average Bonchev–Trinajstić information content (AvgIpc) is 2.82. The van der Waals surface area contributed by atoms with Crippen LogP contribution in [0.1, 0.15) is 20.3 Å². The monoisotopic (exact) mass is 308 g/mol. The van der Waals surface area contributed by atoms with Crippen molar-refractivity contribution in [2.24, 2.45) is 14.1 Å². The first-order valence-electron chi connectivity index (χ1n) is 6.86. The van der Waals surface area contributed by atoms with Crippen molar-refractivity contribution in [1.82, 2.24) is 18.7 Å². The topological polar surface area (TPSA) is 61.8 Å². The van der Waals surface area contributed by atoms with Gasteiger partial charge in [0.2, 0.25) is 0 Å². The molecule has 7 heteroatoms. The highest BCUT2D eigenvalue weighted by Crippen LogP contribution is 2.26. The molecule has 0 aliphatic rings. The van der Waals surface area contributed by atoms with Gasteiger partial charge < -0.3 is 4.57 Å². The van der Waals surface area contributed by atoms with Gasteiger partial charge >= 0.3 is 5.69 Å². The number of nitrogens with zero attached hydrogens (tertiary/aromatic N) is 4. The fourth-order valence-electron chi connectivity index (χ4n) is 2.08. The summed E-state index contributed by atoms with van der Waals surface area (Å²) in [4.78, 5) is 28.9. The van der Waals surface area contributed by atoms with Crippen molar-refractivity contribution in [2.75, 3.05) is 0 Å². The highest BCUT2D eigenvalue weighted by Gasteiger charge is 2.19. The second kappa shape index (κ2) is 5.93. The number of aryl methyl sites for hydroxylation is 1. The number of fused-ring (bicyclic) bond motifs is 1. The molecule has 114 valence electrons. The lowest BCUT2D eigenvalue weighted by molar-refractivity contribution is 0.700. The first-order valence-corrected chi connectivity index (χ1v) is 7.74. The van der Waals surface area contributed by atoms with Crippen molar-refractivity contribution < 1.29 is 0 Å². The van der Waals surface area contributed by atoms with E-state index in [2.05, 4.69) is 25.4 Å². The van der Waals surface area contributed by atoms with Crippen molar-refractivity contribution in [1.29, 1.82) is 0 Å². The molecule has 0 N–H and O–H groups in total. The summed E-state index contributed by atoms with van der Waals surface area (Å²) in [5, 5.41) is 1.13. The van der Waals surface area contributed by atoms with Crippen LogP contribution >= 0.6 is 11.8 Å². The van der Waals surface area contributed by atoms with Crippen LogP contribution in [0.25, 0.3) is 11.2 Å². The molecule has 0 saturated heterocycles. The molecule has 1 atom stereocenters. The number of thioether (sulfide) groups is 1. The van der Waals surface area contributed by atoms with Gasteiger partial charge in [-0.3, -0.25) is 13.9 Å². The molecule has 0 fully saturated rings. The van der Waals surface area contributed by atoms with Gasteiger partial charge in [-0.2, -0.15) is 0 Å². The van der Waals surface area contributed by atoms with E-state index >= 15 is 0 Å². The van der Waals surface area contributed by atoms with E-state index in [9.17, 15) is 9.59 Å². The Hall–Kier alpha value is -1.76. The van der Waals surface area contributed by atoms with Crippen LogP contribution in [0.3, 0.4) is 0 Å². The van der Waals surface area contributed by atoms with Crippen LogP contribution < -0.4 is 11.2 Å². The number of hydrogen-bond acceptors (Lipinski definition) is 4. The standard InChI is InChI=1S/C14H20N4O2S/c1-6-8-18-10-11(15-13(18)21-9(3)7-2)16(4)14(20)17(5)12(10)19/h6,9H,1,7-8H2,2-5H3/t9-/m1/s1. The molecule has 6 nitrogen and oxygen atoms in total. The number of rotatable bonds is 5. The van der Waals surface area contributed by atoms with E-state index < -0.39 is 0 Å². The molecule has 0 unspecified atom stereocenters. The Kier molecular flexibility index (Phi) is 4.41. The maximum absolute atomic E-state index is 12.4. The minimum absolute atomic E-state index is 0.321. The molecule has 0 aromatic carbocycles. The summed E-state index contributed by atoms with van der Waals surface area (Å²) in [6, 6.07) is 0. The van der Waals surface area contributed by atoms with Crippen LogP contribution in [0.5, 0.6) is 0 Å². The summed E-state index contributed by atoms with van der Waals surface area (Å²) in [6.07, 6.45) is 2.73. The van der Waals surface area contributed by atoms with Crippen LogP contribution in [0, 0.1) is 0 Å². The van der Waals surface area contributed by atoms with Gasteiger partial charge in [0.15, 0.2) is 16.3 Å². The summed E-state index contributed by atoms with van der Waals surface area (Å²) >= 11 is 1.61. The Morgan fingerprint density at radius 1 is 1.33 bits per heavy atom. The maximum Gasteiger partial charge on any atom is 0.332 e. The summed E-state index contributed by atoms with van der Waals surface area (Å²) in [6.45, 7) is 8.44. The van der Waals surface area contributed by atoms with E-state index in [0.29, 0.717) is 23.0 Å². The molecule has 2 rings (SSSR count). The molecule has 0 aliphatic heterocycles. The summed E-state index contributed by atoms with van der Waals surface area (Å²) < 4.78 is 4.36. The quantitative estimate of drug-likeness (QED) is 0.620. The van der Waals surface area contributed by atoms with Gasteiger partial charge in [0.1, 0.15) is 0 Å². The Morgan fingerprint density at radius 3 is 2.57 bits per heavy atom. The second-order valence-electron chi connectivity index (χ2n) is 5.01. The number of imidazole rings is 1. The molecule has 0 aliphatic carbocycles. The molecule has 0 radical (unpaired) electrons. The fourth-order valence-corrected chi connectivity index (χ4v) is 3.04. The number of aromatic nitrogens is 4. The molecule has 2 aromatic rings. The van der Waals surface area contributed by atoms with Gasteiger partial charge in [-0.05, 0) is 6.42 Å². The summed E-state index contributed by atoms with van der Waals surface area (Å²) in [5.74, 6) is 0. The normalized spacial score (nSPS) is 12.8. The summed E-state index contributed by atoms with van der Waals surface area (Å²) in [7, 11) is 3.11. The largest absolute Gasteiger partial charge is 0.332 e. The van der Waals surface area contributed by atoms with Gasteiger partial charge in [0, 0.05) is 25.9 Å². The fraction of sp³-hybridized carbons (Fsp3) is 0.500. The molecule has 2 aromatic heterocycles. The van der Waals surface area contributed by atoms with Crippen LogP contribution in [0.15, 0.2) is 27.4 Å². The number of hydrogen-bond donors (Lipinski definition) is 0. The lowest BCUT2D eigenvalue weighted by Gasteiger charge is -2.09. The predicted octanol–water partition coefficient (Wildman–Crippen LogP) is 1.51. The van der Waals surface area contributed by atoms with E-state index in [-0.39, 0.29) is 11.2 Å². The third kappa shape index (κ3) is 2.57. The van der Waals surface area contributed by atoms with Crippen LogP contribution in [0.4, 0.5) is 0 Å². The van der Waals surface area contributed by atoms with E-state index in [1.807, 2.05) is 4.57 Å². The minimum Gasteiger partial charge on any atom is -0.309 e. The summed E-state index contributed by atoms with van der Waals surface area (Å²) in [5.41, 5.74) is 0.190. The van der Waals surface area contributed by atoms with Gasteiger partial charge in [0.05, 0.1) is 0 Å². The maximum atomic E-state index is 12.4. The smallest absolute Gasteiger partial charge is 0.309 e. The zero-order chi connectivity index (χ0) is 15.7. The first-order chi connectivity index (χ1) is 9.92. The molecule has 0 amide bonds. The molecular formula is C14H20N4O2S. The predicted molar refractivity (Wildman–Crippen MR) is 86.0 cm³/mol. The molecule has 21 heavy (non-hydrogen) atoms. The highest BCUT2D eigenvalue weighted by atomic mass is 32.2. The Morgan fingerprint density at radius 2 is 2.00 bits per heavy atom. The molecular weight excluding hydrogens is 288 g/mol. The molecule has 0 bridgehead atoms. The van der Waals surface area contributed by atoms with E-state index in [0.717, 1.165) is 16.1 Å². The third-order valence-electron chi connectivity index (χ3n) is 3.51. The first kappa shape index (κ1) is 15.6. The van der Waals surface area contributed by atoms with Crippen LogP contribution in [0.2, 0.25) is 0 Å². The Labute approximate surface area is 127 Å². The van der Waals surface area contributed by atoms with Gasteiger partial charge in [-0.25, -0.2) is 9.78 Å². The average molecular weight is 308 g/mol. The van der Waals surface area contributed by atoms with E-state index in [4.69, 9.17) is 0 Å². The van der Waals surface area contributed by atoms with Crippen molar-refractivity contribution in [3.63, 3.8) is 0 Å².